The molecule has 0 bridgehead atoms. The van der Waals surface area contributed by atoms with Gasteiger partial charge in [-0.1, -0.05) is 27.2 Å². The molecule has 0 atom stereocenters. The van der Waals surface area contributed by atoms with E-state index in [2.05, 4.69) is 36.7 Å². The number of Topliss-reactive ketones (excluding diaryl/α,β-unsaturated/α-hetero) is 1. The van der Waals surface area contributed by atoms with Crippen molar-refractivity contribution in [3.05, 3.63) is 41.1 Å². The van der Waals surface area contributed by atoms with Crippen LogP contribution < -0.4 is 9.64 Å². The molecule has 1 N–H and O–H groups in total. The van der Waals surface area contributed by atoms with Gasteiger partial charge >= 0.3 is 0 Å². The Bertz CT molecular complexity index is 938. The van der Waals surface area contributed by atoms with E-state index in [9.17, 15) is 9.90 Å². The summed E-state index contributed by atoms with van der Waals surface area (Å²) in [5.74, 6) is 1.92. The molecule has 1 aromatic carbocycles. The van der Waals surface area contributed by atoms with E-state index in [4.69, 9.17) is 4.74 Å². The number of nitrogens with zero attached hydrogens (tertiary/aromatic N) is 2. The second kappa shape index (κ2) is 6.23. The summed E-state index contributed by atoms with van der Waals surface area (Å²) in [6.45, 7) is 9.07. The number of ketones is 1. The Labute approximate surface area is 166 Å². The summed E-state index contributed by atoms with van der Waals surface area (Å²) in [5, 5.41) is 9.66. The summed E-state index contributed by atoms with van der Waals surface area (Å²) in [6, 6.07) is 5.56. The highest BCUT2D eigenvalue weighted by atomic mass is 16.5. The lowest BCUT2D eigenvalue weighted by molar-refractivity contribution is 0.0618. The molecule has 2 heterocycles. The number of benzene rings is 1. The van der Waals surface area contributed by atoms with Gasteiger partial charge in [0, 0.05) is 23.2 Å². The highest BCUT2D eigenvalue weighted by Crippen LogP contribution is 2.53. The van der Waals surface area contributed by atoms with Gasteiger partial charge in [-0.15, -0.1) is 0 Å². The van der Waals surface area contributed by atoms with Gasteiger partial charge < -0.3 is 14.7 Å². The van der Waals surface area contributed by atoms with Crippen molar-refractivity contribution >= 4 is 17.3 Å². The summed E-state index contributed by atoms with van der Waals surface area (Å²) >= 11 is 0. The van der Waals surface area contributed by atoms with Gasteiger partial charge in [-0.05, 0) is 43.4 Å². The summed E-state index contributed by atoms with van der Waals surface area (Å²) in [7, 11) is 1.68. The summed E-state index contributed by atoms with van der Waals surface area (Å²) < 4.78 is 5.77. The lowest BCUT2D eigenvalue weighted by Gasteiger charge is -2.49. The van der Waals surface area contributed by atoms with Crippen LogP contribution in [0.2, 0.25) is 0 Å². The number of methoxy groups -OCH3 is 1. The SMILES string of the molecule is COc1c(C(C)(C)C)cc2c(c1C)C(=O)C1(CCC1)CN2c1ccc(O)cn1. The minimum atomic E-state index is -0.342. The van der Waals surface area contributed by atoms with E-state index in [1.54, 1.807) is 13.2 Å². The summed E-state index contributed by atoms with van der Waals surface area (Å²) in [4.78, 5) is 20.2. The third-order valence-electron chi connectivity index (χ3n) is 6.29. The van der Waals surface area contributed by atoms with Crippen molar-refractivity contribution in [2.45, 2.75) is 52.4 Å². The van der Waals surface area contributed by atoms with Gasteiger partial charge in [0.25, 0.3) is 0 Å². The largest absolute Gasteiger partial charge is 0.506 e. The molecule has 1 spiro atoms. The van der Waals surface area contributed by atoms with Crippen LogP contribution in [0.3, 0.4) is 0 Å². The molecule has 5 nitrogen and oxygen atoms in total. The number of fused-ring (bicyclic) bond motifs is 1. The van der Waals surface area contributed by atoms with Gasteiger partial charge in [0.05, 0.1) is 24.4 Å². The second-order valence-electron chi connectivity index (χ2n) is 9.15. The molecule has 1 fully saturated rings. The fourth-order valence-electron chi connectivity index (χ4n) is 4.56. The predicted octanol–water partition coefficient (Wildman–Crippen LogP) is 4.91. The van der Waals surface area contributed by atoms with Crippen LogP contribution in [0, 0.1) is 12.3 Å². The number of rotatable bonds is 2. The van der Waals surface area contributed by atoms with Crippen LogP contribution in [0.4, 0.5) is 11.5 Å². The van der Waals surface area contributed by atoms with Gasteiger partial charge in [-0.25, -0.2) is 4.98 Å². The molecule has 1 aromatic heterocycles. The van der Waals surface area contributed by atoms with Crippen molar-refractivity contribution in [2.75, 3.05) is 18.6 Å². The minimum absolute atomic E-state index is 0.131. The first-order chi connectivity index (χ1) is 13.2. The number of ether oxygens (including phenoxy) is 1. The van der Waals surface area contributed by atoms with Crippen molar-refractivity contribution in [3.63, 3.8) is 0 Å². The zero-order valence-corrected chi connectivity index (χ0v) is 17.3. The van der Waals surface area contributed by atoms with Crippen LogP contribution in [0.1, 0.15) is 61.5 Å². The Morgan fingerprint density at radius 3 is 2.46 bits per heavy atom. The Morgan fingerprint density at radius 1 is 1.25 bits per heavy atom. The molecule has 4 rings (SSSR count). The smallest absolute Gasteiger partial charge is 0.173 e. The van der Waals surface area contributed by atoms with Crippen LogP contribution in [0.5, 0.6) is 11.5 Å². The number of aromatic nitrogens is 1. The van der Waals surface area contributed by atoms with E-state index in [1.165, 1.54) is 6.20 Å². The van der Waals surface area contributed by atoms with E-state index < -0.39 is 0 Å². The molecule has 1 aliphatic heterocycles. The normalized spacial score (nSPS) is 18.0. The molecule has 0 unspecified atom stereocenters. The molecule has 1 aliphatic carbocycles. The number of carbonyl (C=O) groups excluding carboxylic acids is 1. The quantitative estimate of drug-likeness (QED) is 0.802. The highest BCUT2D eigenvalue weighted by molar-refractivity contribution is 6.10. The standard InChI is InChI=1S/C23H28N2O3/c1-14-19-17(11-16(20(14)28-5)22(2,3)4)25(18-8-7-15(26)12-24-18)13-23(21(19)27)9-6-10-23/h7-8,11-12,26H,6,9-10,13H2,1-5H3. The maximum atomic E-state index is 13.6. The molecule has 0 saturated heterocycles. The highest BCUT2D eigenvalue weighted by Gasteiger charge is 2.51. The number of pyridine rings is 1. The van der Waals surface area contributed by atoms with E-state index >= 15 is 0 Å². The molecule has 28 heavy (non-hydrogen) atoms. The molecule has 2 aliphatic rings. The Balaban J connectivity index is 1.99. The molecular weight excluding hydrogens is 352 g/mol. The Morgan fingerprint density at radius 2 is 1.96 bits per heavy atom. The van der Waals surface area contributed by atoms with Crippen molar-refractivity contribution < 1.29 is 14.6 Å². The number of anilines is 2. The van der Waals surface area contributed by atoms with Crippen molar-refractivity contribution in [3.8, 4) is 11.5 Å². The van der Waals surface area contributed by atoms with E-state index in [-0.39, 0.29) is 22.4 Å². The average molecular weight is 380 g/mol. The zero-order chi connectivity index (χ0) is 20.3. The van der Waals surface area contributed by atoms with Crippen LogP contribution in [-0.2, 0) is 5.41 Å². The molecular formula is C23H28N2O3. The van der Waals surface area contributed by atoms with E-state index in [0.717, 1.165) is 53.2 Å². The maximum absolute atomic E-state index is 13.6. The Kier molecular flexibility index (Phi) is 4.18. The fraction of sp³-hybridized carbons (Fsp3) is 0.478. The molecule has 0 radical (unpaired) electrons. The first-order valence-electron chi connectivity index (χ1n) is 9.87. The molecule has 2 aromatic rings. The molecule has 148 valence electrons. The minimum Gasteiger partial charge on any atom is -0.506 e. The number of aromatic hydroxyl groups is 1. The van der Waals surface area contributed by atoms with Crippen LogP contribution in [0.25, 0.3) is 0 Å². The number of carbonyl (C=O) groups is 1. The predicted molar refractivity (Wildman–Crippen MR) is 110 cm³/mol. The second-order valence-corrected chi connectivity index (χ2v) is 9.15. The molecule has 1 saturated carbocycles. The van der Waals surface area contributed by atoms with Crippen LogP contribution in [-0.4, -0.2) is 29.5 Å². The van der Waals surface area contributed by atoms with Gasteiger partial charge in [-0.3, -0.25) is 4.79 Å². The lowest BCUT2D eigenvalue weighted by Crippen LogP contribution is -2.51. The first kappa shape index (κ1) is 18.8. The first-order valence-corrected chi connectivity index (χ1v) is 9.87. The van der Waals surface area contributed by atoms with Crippen LogP contribution >= 0.6 is 0 Å². The van der Waals surface area contributed by atoms with Gasteiger partial charge in [0.2, 0.25) is 0 Å². The third kappa shape index (κ3) is 2.67. The Hall–Kier alpha value is -2.56. The number of hydrogen-bond acceptors (Lipinski definition) is 5. The molecule has 0 amide bonds. The molecule has 5 heteroatoms. The zero-order valence-electron chi connectivity index (χ0n) is 17.3. The summed E-state index contributed by atoms with van der Waals surface area (Å²) in [5.41, 5.74) is 3.16. The summed E-state index contributed by atoms with van der Waals surface area (Å²) in [6.07, 6.45) is 4.35. The van der Waals surface area contributed by atoms with Gasteiger partial charge in [0.15, 0.2) is 5.78 Å². The van der Waals surface area contributed by atoms with Crippen molar-refractivity contribution in [1.82, 2.24) is 4.98 Å². The number of hydrogen-bond donors (Lipinski definition) is 1. The van der Waals surface area contributed by atoms with Crippen molar-refractivity contribution in [1.29, 1.82) is 0 Å². The monoisotopic (exact) mass is 380 g/mol. The third-order valence-corrected chi connectivity index (χ3v) is 6.29. The lowest BCUT2D eigenvalue weighted by atomic mass is 9.61. The maximum Gasteiger partial charge on any atom is 0.173 e. The van der Waals surface area contributed by atoms with Crippen molar-refractivity contribution in [2.24, 2.45) is 5.41 Å². The van der Waals surface area contributed by atoms with Crippen LogP contribution in [0.15, 0.2) is 24.4 Å². The van der Waals surface area contributed by atoms with E-state index in [0.29, 0.717) is 6.54 Å². The average Bonchev–Trinajstić information content (AvgIpc) is 2.60. The van der Waals surface area contributed by atoms with Gasteiger partial charge in [0.1, 0.15) is 17.3 Å². The fourth-order valence-corrected chi connectivity index (χ4v) is 4.56. The van der Waals surface area contributed by atoms with Gasteiger partial charge in [-0.2, -0.15) is 0 Å². The topological polar surface area (TPSA) is 62.7 Å². The van der Waals surface area contributed by atoms with E-state index in [1.807, 2.05) is 13.0 Å².